The monoisotopic (exact) mass is 875 g/mol. The first-order valence-electron chi connectivity index (χ1n) is 19.6. The summed E-state index contributed by atoms with van der Waals surface area (Å²) in [7, 11) is -3.85. The van der Waals surface area contributed by atoms with Gasteiger partial charge in [-0.3, -0.25) is 24.0 Å². The van der Waals surface area contributed by atoms with Crippen LogP contribution in [0.25, 0.3) is 0 Å². The zero-order valence-electron chi connectivity index (χ0n) is 33.1. The number of likely N-dealkylation sites (tertiary alicyclic amines) is 1. The first-order valence-corrected chi connectivity index (χ1v) is 21.5. The third kappa shape index (κ3) is 10.6. The number of benzene rings is 2. The third-order valence-corrected chi connectivity index (χ3v) is 12.8. The Labute approximate surface area is 349 Å². The van der Waals surface area contributed by atoms with Crippen LogP contribution in [0.5, 0.6) is 6.01 Å². The number of ketones is 1. The number of anilines is 1. The van der Waals surface area contributed by atoms with Gasteiger partial charge in [0.25, 0.3) is 5.91 Å². The van der Waals surface area contributed by atoms with Crippen LogP contribution in [-0.2, 0) is 36.3 Å². The molecule has 3 amide bonds. The molecule has 0 spiro atoms. The van der Waals surface area contributed by atoms with E-state index in [1.165, 1.54) is 4.90 Å². The van der Waals surface area contributed by atoms with E-state index in [2.05, 4.69) is 30.3 Å². The molecule has 3 N–H and O–H groups in total. The van der Waals surface area contributed by atoms with Crippen molar-refractivity contribution in [2.24, 2.45) is 5.92 Å². The summed E-state index contributed by atoms with van der Waals surface area (Å²) in [6, 6.07) is 12.1. The molecule has 1 aromatic heterocycles. The predicted molar refractivity (Wildman–Crippen MR) is 211 cm³/mol. The zero-order chi connectivity index (χ0) is 43.3. The summed E-state index contributed by atoms with van der Waals surface area (Å²) in [4.78, 5) is 67.6. The van der Waals surface area contributed by atoms with Gasteiger partial charge in [0.05, 0.1) is 10.8 Å². The van der Waals surface area contributed by atoms with Crippen molar-refractivity contribution in [3.63, 3.8) is 0 Å². The fraction of sp³-hybridized carbons (Fsp3) is 0.525. The lowest BCUT2D eigenvalue weighted by Crippen LogP contribution is -2.56. The van der Waals surface area contributed by atoms with Crippen molar-refractivity contribution in [3.05, 3.63) is 76.1 Å². The number of Topliss-reactive ketones (excluding diaryl/α,β-unsaturated/α-hetero) is 1. The van der Waals surface area contributed by atoms with Crippen molar-refractivity contribution in [1.29, 1.82) is 0 Å². The average Bonchev–Trinajstić information content (AvgIpc) is 4.06. The van der Waals surface area contributed by atoms with Crippen molar-refractivity contribution < 1.29 is 50.2 Å². The summed E-state index contributed by atoms with van der Waals surface area (Å²) >= 11 is 6.06. The van der Waals surface area contributed by atoms with Gasteiger partial charge in [-0.25, -0.2) is 13.2 Å². The molecule has 322 valence electrons. The highest BCUT2D eigenvalue weighted by Gasteiger charge is 2.55. The van der Waals surface area contributed by atoms with E-state index in [0.29, 0.717) is 29.0 Å². The Morgan fingerprint density at radius 1 is 0.933 bits per heavy atom. The summed E-state index contributed by atoms with van der Waals surface area (Å²) in [6.07, 6.45) is -2.45. The minimum atomic E-state index is -4.62. The Kier molecular flexibility index (Phi) is 11.6. The Bertz CT molecular complexity index is 2260. The number of amides is 3. The molecule has 0 bridgehead atoms. The number of ether oxygens (including phenoxy) is 2. The van der Waals surface area contributed by atoms with E-state index >= 15 is 0 Å². The van der Waals surface area contributed by atoms with Crippen molar-refractivity contribution in [2.45, 2.75) is 113 Å². The second-order valence-corrected chi connectivity index (χ2v) is 19.4. The van der Waals surface area contributed by atoms with Crippen LogP contribution in [0, 0.1) is 5.92 Å². The van der Waals surface area contributed by atoms with Crippen molar-refractivity contribution in [1.82, 2.24) is 29.9 Å². The van der Waals surface area contributed by atoms with E-state index in [1.807, 2.05) is 12.1 Å². The van der Waals surface area contributed by atoms with Crippen LogP contribution in [0.1, 0.15) is 99.4 Å². The van der Waals surface area contributed by atoms with Crippen LogP contribution >= 0.6 is 11.6 Å². The predicted octanol–water partition coefficient (Wildman–Crippen LogP) is 5.61. The molecule has 3 saturated carbocycles. The molecule has 20 heteroatoms. The zero-order valence-corrected chi connectivity index (χ0v) is 34.7. The van der Waals surface area contributed by atoms with E-state index < -0.39 is 80.6 Å². The summed E-state index contributed by atoms with van der Waals surface area (Å²) in [6.45, 7) is 3.44. The smallest absolute Gasteiger partial charge is 0.422 e. The molecule has 2 aromatic carbocycles. The number of nitrogens with zero attached hydrogens (tertiary/aromatic N) is 4. The molecular weight excluding hydrogens is 831 g/mol. The lowest BCUT2D eigenvalue weighted by molar-refractivity contribution is -0.154. The average molecular weight is 876 g/mol. The molecule has 7 rings (SSSR count). The van der Waals surface area contributed by atoms with Gasteiger partial charge in [0.2, 0.25) is 21.9 Å². The highest BCUT2D eigenvalue weighted by atomic mass is 35.5. The van der Waals surface area contributed by atoms with E-state index in [9.17, 15) is 40.8 Å². The van der Waals surface area contributed by atoms with Gasteiger partial charge in [0.15, 0.2) is 12.4 Å². The number of halogens is 4. The Morgan fingerprint density at radius 2 is 1.60 bits per heavy atom. The van der Waals surface area contributed by atoms with Gasteiger partial charge in [-0.05, 0) is 94.9 Å². The lowest BCUT2D eigenvalue weighted by atomic mass is 9.95. The number of rotatable bonds is 15. The van der Waals surface area contributed by atoms with Crippen molar-refractivity contribution in [3.8, 4) is 6.01 Å². The van der Waals surface area contributed by atoms with Gasteiger partial charge >= 0.3 is 18.3 Å². The Morgan fingerprint density at radius 3 is 2.18 bits per heavy atom. The van der Waals surface area contributed by atoms with Crippen LogP contribution in [0.15, 0.2) is 48.5 Å². The third-order valence-electron chi connectivity index (χ3n) is 10.7. The van der Waals surface area contributed by atoms with E-state index in [1.54, 1.807) is 57.2 Å². The van der Waals surface area contributed by atoms with E-state index in [0.717, 1.165) is 18.4 Å². The van der Waals surface area contributed by atoms with Crippen LogP contribution in [-0.4, -0.2) is 93.7 Å². The highest BCUT2D eigenvalue weighted by molar-refractivity contribution is 7.91. The minimum absolute atomic E-state index is 0.0138. The second kappa shape index (κ2) is 16.1. The highest BCUT2D eigenvalue weighted by Crippen LogP contribution is 2.48. The van der Waals surface area contributed by atoms with E-state index in [4.69, 9.17) is 21.1 Å². The number of hydrogen-bond acceptors (Lipinski definition) is 12. The fourth-order valence-electron chi connectivity index (χ4n) is 7.09. The summed E-state index contributed by atoms with van der Waals surface area (Å²) in [5.41, 5.74) is -0.947. The van der Waals surface area contributed by atoms with Crippen LogP contribution in [0.2, 0.25) is 5.02 Å². The topological polar surface area (TPSA) is 199 Å². The molecule has 2 heterocycles. The van der Waals surface area contributed by atoms with Gasteiger partial charge in [-0.15, -0.1) is 0 Å². The first kappa shape index (κ1) is 43.1. The quantitative estimate of drug-likeness (QED) is 0.160. The second-order valence-electron chi connectivity index (χ2n) is 17.0. The Balaban J connectivity index is 1.02. The number of nitrogens with one attached hydrogen (secondary N) is 3. The number of aromatic nitrogens is 3. The largest absolute Gasteiger partial charge is 0.454 e. The van der Waals surface area contributed by atoms with Crippen LogP contribution in [0.3, 0.4) is 0 Å². The SMILES string of the molecule is CC(C)(C)OC(=O)N1C[C@@H](CC(=O)c2ccc(Cc3nc(NC4(c5ccc(Cl)cc5)CC4)nc(OCC(F)(F)F)n3)cc2)C[C@@H]1C(=O)NC1(C(=O)NS(=O)(=O)C2CC2)CC1. The van der Waals surface area contributed by atoms with Gasteiger partial charge in [0, 0.05) is 30.0 Å². The maximum atomic E-state index is 13.7. The maximum Gasteiger partial charge on any atom is 0.422 e. The van der Waals surface area contributed by atoms with Crippen molar-refractivity contribution in [2.75, 3.05) is 18.5 Å². The molecule has 1 saturated heterocycles. The summed E-state index contributed by atoms with van der Waals surface area (Å²) in [5.74, 6) is -2.04. The molecule has 0 unspecified atom stereocenters. The maximum absolute atomic E-state index is 13.7. The van der Waals surface area contributed by atoms with Crippen molar-refractivity contribution >= 4 is 51.3 Å². The Hall–Kier alpha value is -5.04. The number of carbonyl (C=O) groups is 4. The molecular formula is C40H45ClF3N7O8S. The van der Waals surface area contributed by atoms with Gasteiger partial charge < -0.3 is 20.1 Å². The molecule has 3 aliphatic carbocycles. The summed E-state index contributed by atoms with van der Waals surface area (Å²) in [5, 5.41) is 5.85. The molecule has 1 aliphatic heterocycles. The molecule has 2 atom stereocenters. The van der Waals surface area contributed by atoms with Crippen LogP contribution < -0.4 is 20.1 Å². The number of hydrogen-bond donors (Lipinski definition) is 3. The number of carbonyl (C=O) groups excluding carboxylic acids is 4. The molecule has 60 heavy (non-hydrogen) atoms. The molecule has 4 aliphatic rings. The molecule has 4 fully saturated rings. The van der Waals surface area contributed by atoms with Gasteiger partial charge in [-0.2, -0.15) is 28.1 Å². The summed E-state index contributed by atoms with van der Waals surface area (Å²) < 4.78 is 76.6. The fourth-order valence-corrected chi connectivity index (χ4v) is 8.60. The normalized spacial score (nSPS) is 20.5. The molecule has 3 aromatic rings. The number of alkyl halides is 3. The molecule has 15 nitrogen and oxygen atoms in total. The van der Waals surface area contributed by atoms with Gasteiger partial charge in [-0.1, -0.05) is 48.0 Å². The van der Waals surface area contributed by atoms with Gasteiger partial charge in [0.1, 0.15) is 23.0 Å². The van der Waals surface area contributed by atoms with Crippen LogP contribution in [0.4, 0.5) is 23.9 Å². The molecule has 0 radical (unpaired) electrons. The minimum Gasteiger partial charge on any atom is -0.454 e. The standard InChI is InChI=1S/C40H45ClF3N7O8S/c1-37(2,3)59-36(55)51-21-24(18-29(51)32(53)48-39(16-17-39)33(54)50-60(56,57)28-12-13-28)19-30(52)25-6-4-23(5-7-25)20-31-45-34(47-35(46-31)58-22-40(42,43)44)49-38(14-15-38)26-8-10-27(41)11-9-26/h4-11,24,28-29H,12-22H2,1-3H3,(H,48,53)(H,50,54)(H,45,46,47,49)/t24-,29-/m1/s1. The lowest BCUT2D eigenvalue weighted by Gasteiger charge is -2.29. The van der Waals surface area contributed by atoms with E-state index in [-0.39, 0.29) is 56.2 Å². The first-order chi connectivity index (χ1) is 28.1. The number of sulfonamides is 1.